The SMILES string of the molecule is CCCn1nncc1NCC1CCCC(N)C1. The molecule has 0 amide bonds. The van der Waals surface area contributed by atoms with Gasteiger partial charge in [0.05, 0.1) is 6.20 Å². The highest BCUT2D eigenvalue weighted by Crippen LogP contribution is 2.23. The number of rotatable bonds is 5. The Hall–Kier alpha value is -1.10. The molecule has 1 aromatic rings. The lowest BCUT2D eigenvalue weighted by atomic mass is 9.86. The lowest BCUT2D eigenvalue weighted by Crippen LogP contribution is -2.31. The third-order valence-corrected chi connectivity index (χ3v) is 3.45. The summed E-state index contributed by atoms with van der Waals surface area (Å²) in [6, 6.07) is 0.397. The summed E-state index contributed by atoms with van der Waals surface area (Å²) in [5.74, 6) is 1.73. The molecule has 2 unspecified atom stereocenters. The Morgan fingerprint density at radius 1 is 1.53 bits per heavy atom. The first-order chi connectivity index (χ1) is 8.29. The van der Waals surface area contributed by atoms with Crippen molar-refractivity contribution in [3.05, 3.63) is 6.20 Å². The minimum Gasteiger partial charge on any atom is -0.369 e. The molecule has 2 rings (SSSR count). The van der Waals surface area contributed by atoms with Gasteiger partial charge in [-0.2, -0.15) is 0 Å². The minimum atomic E-state index is 0.397. The first-order valence-corrected chi connectivity index (χ1v) is 6.67. The standard InChI is InChI=1S/C12H23N5/c1-2-6-17-12(9-15-16-17)14-8-10-4-3-5-11(13)7-10/h9-11,14H,2-8,13H2,1H3. The van der Waals surface area contributed by atoms with E-state index in [2.05, 4.69) is 22.6 Å². The monoisotopic (exact) mass is 237 g/mol. The number of hydrogen-bond acceptors (Lipinski definition) is 4. The van der Waals surface area contributed by atoms with Gasteiger partial charge in [0.15, 0.2) is 0 Å². The summed E-state index contributed by atoms with van der Waals surface area (Å²) in [7, 11) is 0. The maximum atomic E-state index is 5.99. The summed E-state index contributed by atoms with van der Waals surface area (Å²) in [4.78, 5) is 0. The summed E-state index contributed by atoms with van der Waals surface area (Å²) in [6.45, 7) is 4.06. The van der Waals surface area contributed by atoms with Crippen molar-refractivity contribution in [1.82, 2.24) is 15.0 Å². The van der Waals surface area contributed by atoms with Crippen molar-refractivity contribution in [3.8, 4) is 0 Å². The second-order valence-corrected chi connectivity index (χ2v) is 5.02. The van der Waals surface area contributed by atoms with Gasteiger partial charge in [0.25, 0.3) is 0 Å². The van der Waals surface area contributed by atoms with Gasteiger partial charge in [-0.3, -0.25) is 0 Å². The fourth-order valence-electron chi connectivity index (χ4n) is 2.54. The summed E-state index contributed by atoms with van der Waals surface area (Å²) in [5.41, 5.74) is 5.99. The van der Waals surface area contributed by atoms with Crippen LogP contribution in [0.15, 0.2) is 6.20 Å². The van der Waals surface area contributed by atoms with Crippen LogP contribution in [0.2, 0.25) is 0 Å². The van der Waals surface area contributed by atoms with Crippen molar-refractivity contribution < 1.29 is 0 Å². The van der Waals surface area contributed by atoms with Crippen LogP contribution in [0.25, 0.3) is 0 Å². The van der Waals surface area contributed by atoms with E-state index in [0.717, 1.165) is 31.7 Å². The van der Waals surface area contributed by atoms with E-state index < -0.39 is 0 Å². The fraction of sp³-hybridized carbons (Fsp3) is 0.833. The van der Waals surface area contributed by atoms with E-state index in [4.69, 9.17) is 5.73 Å². The van der Waals surface area contributed by atoms with Gasteiger partial charge in [0.2, 0.25) is 0 Å². The van der Waals surface area contributed by atoms with E-state index in [1.807, 2.05) is 4.68 Å². The summed E-state index contributed by atoms with van der Waals surface area (Å²) in [6.07, 6.45) is 7.76. The smallest absolute Gasteiger partial charge is 0.144 e. The number of nitrogens with one attached hydrogen (secondary N) is 1. The average molecular weight is 237 g/mol. The van der Waals surface area contributed by atoms with Crippen molar-refractivity contribution in [1.29, 1.82) is 0 Å². The molecule has 1 fully saturated rings. The normalized spacial score (nSPS) is 24.8. The first-order valence-electron chi connectivity index (χ1n) is 6.67. The van der Waals surface area contributed by atoms with Gasteiger partial charge in [-0.1, -0.05) is 18.6 Å². The molecule has 0 aliphatic heterocycles. The second kappa shape index (κ2) is 6.00. The van der Waals surface area contributed by atoms with Crippen LogP contribution in [0.5, 0.6) is 0 Å². The van der Waals surface area contributed by atoms with Crippen molar-refractivity contribution in [2.24, 2.45) is 11.7 Å². The molecule has 0 saturated heterocycles. The quantitative estimate of drug-likeness (QED) is 0.816. The Morgan fingerprint density at radius 2 is 2.41 bits per heavy atom. The lowest BCUT2D eigenvalue weighted by Gasteiger charge is -2.26. The van der Waals surface area contributed by atoms with Gasteiger partial charge < -0.3 is 11.1 Å². The molecular weight excluding hydrogens is 214 g/mol. The first kappa shape index (κ1) is 12.4. The fourth-order valence-corrected chi connectivity index (χ4v) is 2.54. The predicted octanol–water partition coefficient (Wildman–Crippen LogP) is 1.62. The van der Waals surface area contributed by atoms with E-state index in [1.54, 1.807) is 6.20 Å². The van der Waals surface area contributed by atoms with E-state index in [-0.39, 0.29) is 0 Å². The molecular formula is C12H23N5. The molecule has 2 atom stereocenters. The van der Waals surface area contributed by atoms with Crippen LogP contribution in [-0.4, -0.2) is 27.6 Å². The molecule has 0 aromatic carbocycles. The van der Waals surface area contributed by atoms with Gasteiger partial charge in [-0.25, -0.2) is 4.68 Å². The maximum absolute atomic E-state index is 5.99. The highest BCUT2D eigenvalue weighted by atomic mass is 15.4. The number of nitrogens with two attached hydrogens (primary N) is 1. The minimum absolute atomic E-state index is 0.397. The highest BCUT2D eigenvalue weighted by Gasteiger charge is 2.19. The van der Waals surface area contributed by atoms with Gasteiger partial charge >= 0.3 is 0 Å². The molecule has 1 aliphatic rings. The average Bonchev–Trinajstić information content (AvgIpc) is 2.75. The summed E-state index contributed by atoms with van der Waals surface area (Å²) < 4.78 is 1.93. The van der Waals surface area contributed by atoms with Crippen molar-refractivity contribution in [2.45, 2.75) is 51.6 Å². The second-order valence-electron chi connectivity index (χ2n) is 5.02. The number of anilines is 1. The van der Waals surface area contributed by atoms with Gasteiger partial charge in [-0.15, -0.1) is 5.10 Å². The molecule has 5 nitrogen and oxygen atoms in total. The topological polar surface area (TPSA) is 68.8 Å². The zero-order chi connectivity index (χ0) is 12.1. The van der Waals surface area contributed by atoms with Crippen LogP contribution in [0.4, 0.5) is 5.82 Å². The van der Waals surface area contributed by atoms with Crippen LogP contribution in [0.1, 0.15) is 39.0 Å². The molecule has 5 heteroatoms. The molecule has 17 heavy (non-hydrogen) atoms. The van der Waals surface area contributed by atoms with E-state index >= 15 is 0 Å². The number of nitrogens with zero attached hydrogens (tertiary/aromatic N) is 3. The molecule has 1 heterocycles. The Balaban J connectivity index is 1.82. The molecule has 0 radical (unpaired) electrons. The Morgan fingerprint density at radius 3 is 3.18 bits per heavy atom. The van der Waals surface area contributed by atoms with Gasteiger partial charge in [-0.05, 0) is 31.6 Å². The largest absolute Gasteiger partial charge is 0.369 e. The summed E-state index contributed by atoms with van der Waals surface area (Å²) >= 11 is 0. The Labute approximate surface area is 103 Å². The molecule has 1 saturated carbocycles. The third-order valence-electron chi connectivity index (χ3n) is 3.45. The van der Waals surface area contributed by atoms with Crippen LogP contribution in [0, 0.1) is 5.92 Å². The molecule has 96 valence electrons. The molecule has 1 aromatic heterocycles. The van der Waals surface area contributed by atoms with Crippen LogP contribution < -0.4 is 11.1 Å². The maximum Gasteiger partial charge on any atom is 0.144 e. The molecule has 1 aliphatic carbocycles. The van der Waals surface area contributed by atoms with Crippen LogP contribution >= 0.6 is 0 Å². The van der Waals surface area contributed by atoms with E-state index in [0.29, 0.717) is 12.0 Å². The van der Waals surface area contributed by atoms with Crippen LogP contribution in [-0.2, 0) is 6.54 Å². The Bertz CT molecular complexity index is 335. The lowest BCUT2D eigenvalue weighted by molar-refractivity contribution is 0.334. The van der Waals surface area contributed by atoms with Crippen molar-refractivity contribution in [2.75, 3.05) is 11.9 Å². The number of aromatic nitrogens is 3. The summed E-state index contributed by atoms with van der Waals surface area (Å²) in [5, 5.41) is 11.5. The number of aryl methyl sites for hydroxylation is 1. The highest BCUT2D eigenvalue weighted by molar-refractivity contribution is 5.30. The van der Waals surface area contributed by atoms with E-state index in [1.165, 1.54) is 19.3 Å². The van der Waals surface area contributed by atoms with Crippen molar-refractivity contribution in [3.63, 3.8) is 0 Å². The molecule has 3 N–H and O–H groups in total. The zero-order valence-corrected chi connectivity index (χ0v) is 10.6. The van der Waals surface area contributed by atoms with Gasteiger partial charge in [0, 0.05) is 19.1 Å². The third kappa shape index (κ3) is 3.43. The van der Waals surface area contributed by atoms with Crippen molar-refractivity contribution >= 4 is 5.82 Å². The molecule has 0 bridgehead atoms. The van der Waals surface area contributed by atoms with Crippen LogP contribution in [0.3, 0.4) is 0 Å². The predicted molar refractivity (Wildman–Crippen MR) is 68.7 cm³/mol. The van der Waals surface area contributed by atoms with E-state index in [9.17, 15) is 0 Å². The number of hydrogen-bond donors (Lipinski definition) is 2. The Kier molecular flexibility index (Phi) is 4.36. The molecule has 0 spiro atoms. The van der Waals surface area contributed by atoms with Gasteiger partial charge in [0.1, 0.15) is 5.82 Å². The zero-order valence-electron chi connectivity index (χ0n) is 10.6.